The third-order valence-corrected chi connectivity index (χ3v) is 4.08. The van der Waals surface area contributed by atoms with Gasteiger partial charge >= 0.3 is 0 Å². The Hall–Kier alpha value is -1.53. The molecule has 1 fully saturated rings. The number of hydrogen-bond acceptors (Lipinski definition) is 3. The van der Waals surface area contributed by atoms with Gasteiger partial charge in [0.25, 0.3) is 0 Å². The quantitative estimate of drug-likeness (QED) is 0.787. The maximum absolute atomic E-state index is 9.26. The van der Waals surface area contributed by atoms with Crippen molar-refractivity contribution in [3.63, 3.8) is 0 Å². The van der Waals surface area contributed by atoms with Gasteiger partial charge in [0, 0.05) is 13.1 Å². The molecule has 1 aliphatic carbocycles. The molecule has 3 nitrogen and oxygen atoms in total. The highest BCUT2D eigenvalue weighted by molar-refractivity contribution is 5.33. The molecule has 19 heavy (non-hydrogen) atoms. The van der Waals surface area contributed by atoms with Crippen LogP contribution in [0.3, 0.4) is 0 Å². The van der Waals surface area contributed by atoms with Gasteiger partial charge in [0.1, 0.15) is 5.75 Å². The zero-order valence-electron chi connectivity index (χ0n) is 11.9. The van der Waals surface area contributed by atoms with Gasteiger partial charge in [0.05, 0.1) is 18.6 Å². The minimum Gasteiger partial charge on any atom is -0.496 e. The van der Waals surface area contributed by atoms with Gasteiger partial charge in [-0.3, -0.25) is 0 Å². The molecular formula is C16H22N2O. The molecule has 0 spiro atoms. The van der Waals surface area contributed by atoms with Gasteiger partial charge in [-0.1, -0.05) is 24.6 Å². The minimum atomic E-state index is -0.0739. The Kier molecular flexibility index (Phi) is 4.44. The van der Waals surface area contributed by atoms with E-state index in [9.17, 15) is 5.26 Å². The molecule has 0 bridgehead atoms. The number of rotatable bonds is 6. The van der Waals surface area contributed by atoms with Crippen molar-refractivity contribution < 1.29 is 4.74 Å². The maximum atomic E-state index is 9.26. The first-order valence-corrected chi connectivity index (χ1v) is 6.91. The molecule has 1 aromatic carbocycles. The van der Waals surface area contributed by atoms with Gasteiger partial charge in [-0.2, -0.15) is 5.26 Å². The number of nitriles is 1. The van der Waals surface area contributed by atoms with E-state index in [4.69, 9.17) is 4.74 Å². The van der Waals surface area contributed by atoms with Crippen LogP contribution in [0.2, 0.25) is 0 Å². The van der Waals surface area contributed by atoms with Crippen LogP contribution in [0, 0.1) is 16.7 Å². The summed E-state index contributed by atoms with van der Waals surface area (Å²) in [6, 6.07) is 10.6. The standard InChI is InChI=1S/C16H22N2O/c1-18(13-16(12-17)9-5-10-16)11-8-14-6-3-4-7-15(14)19-2/h3-4,6-7H,5,8-11,13H2,1-2H3. The molecule has 0 unspecified atom stereocenters. The number of ether oxygens (including phenoxy) is 1. The van der Waals surface area contributed by atoms with Crippen LogP contribution < -0.4 is 4.74 Å². The zero-order valence-corrected chi connectivity index (χ0v) is 11.9. The first-order chi connectivity index (χ1) is 9.19. The Morgan fingerprint density at radius 3 is 2.68 bits per heavy atom. The molecule has 0 atom stereocenters. The smallest absolute Gasteiger partial charge is 0.122 e. The number of likely N-dealkylation sites (N-methyl/N-ethyl adjacent to an activating group) is 1. The predicted molar refractivity (Wildman–Crippen MR) is 76.1 cm³/mol. The van der Waals surface area contributed by atoms with E-state index in [0.29, 0.717) is 0 Å². The van der Waals surface area contributed by atoms with Gasteiger partial charge in [-0.25, -0.2) is 0 Å². The van der Waals surface area contributed by atoms with Gasteiger partial charge < -0.3 is 9.64 Å². The van der Waals surface area contributed by atoms with Crippen molar-refractivity contribution >= 4 is 0 Å². The van der Waals surface area contributed by atoms with Crippen LogP contribution >= 0.6 is 0 Å². The lowest BCUT2D eigenvalue weighted by atomic mass is 9.69. The van der Waals surface area contributed by atoms with Crippen LogP contribution in [0.1, 0.15) is 24.8 Å². The van der Waals surface area contributed by atoms with E-state index in [1.807, 2.05) is 18.2 Å². The summed E-state index contributed by atoms with van der Waals surface area (Å²) >= 11 is 0. The molecule has 1 aliphatic rings. The first-order valence-electron chi connectivity index (χ1n) is 6.91. The minimum absolute atomic E-state index is 0.0739. The first kappa shape index (κ1) is 13.9. The molecule has 1 saturated carbocycles. The highest BCUT2D eigenvalue weighted by atomic mass is 16.5. The Balaban J connectivity index is 1.86. The maximum Gasteiger partial charge on any atom is 0.122 e. The Bertz CT molecular complexity index is 460. The molecule has 0 saturated heterocycles. The van der Waals surface area contributed by atoms with Crippen LogP contribution in [0.5, 0.6) is 5.75 Å². The summed E-state index contributed by atoms with van der Waals surface area (Å²) in [5, 5.41) is 9.26. The number of para-hydroxylation sites is 1. The number of benzene rings is 1. The largest absolute Gasteiger partial charge is 0.496 e. The topological polar surface area (TPSA) is 36.3 Å². The summed E-state index contributed by atoms with van der Waals surface area (Å²) < 4.78 is 5.36. The van der Waals surface area contributed by atoms with Gasteiger partial charge in [0.15, 0.2) is 0 Å². The normalized spacial score (nSPS) is 16.7. The Morgan fingerprint density at radius 2 is 2.11 bits per heavy atom. The van der Waals surface area contributed by atoms with Gasteiger partial charge in [-0.05, 0) is 37.9 Å². The molecule has 0 aliphatic heterocycles. The highest BCUT2D eigenvalue weighted by Gasteiger charge is 2.37. The molecule has 3 heteroatoms. The highest BCUT2D eigenvalue weighted by Crippen LogP contribution is 2.40. The van der Waals surface area contributed by atoms with E-state index in [0.717, 1.165) is 38.1 Å². The number of hydrogen-bond donors (Lipinski definition) is 0. The fraction of sp³-hybridized carbons (Fsp3) is 0.562. The number of methoxy groups -OCH3 is 1. The predicted octanol–water partition coefficient (Wildman–Crippen LogP) is 2.86. The third-order valence-electron chi connectivity index (χ3n) is 4.08. The molecule has 102 valence electrons. The van der Waals surface area contributed by atoms with Crippen molar-refractivity contribution in [3.05, 3.63) is 29.8 Å². The van der Waals surface area contributed by atoms with Crippen LogP contribution in [0.15, 0.2) is 24.3 Å². The molecule has 0 N–H and O–H groups in total. The van der Waals surface area contributed by atoms with Crippen molar-refractivity contribution in [2.45, 2.75) is 25.7 Å². The second-order valence-electron chi connectivity index (χ2n) is 5.55. The summed E-state index contributed by atoms with van der Waals surface area (Å²) in [7, 11) is 3.81. The van der Waals surface area contributed by atoms with E-state index in [1.54, 1.807) is 7.11 Å². The lowest BCUT2D eigenvalue weighted by Crippen LogP contribution is -2.40. The molecule has 0 heterocycles. The summed E-state index contributed by atoms with van der Waals surface area (Å²) in [6.07, 6.45) is 4.28. The summed E-state index contributed by atoms with van der Waals surface area (Å²) in [4.78, 5) is 2.27. The summed E-state index contributed by atoms with van der Waals surface area (Å²) in [5.41, 5.74) is 1.16. The fourth-order valence-electron chi connectivity index (χ4n) is 2.73. The van der Waals surface area contributed by atoms with E-state index in [1.165, 1.54) is 12.0 Å². The Labute approximate surface area is 115 Å². The van der Waals surface area contributed by atoms with Crippen molar-refractivity contribution in [1.29, 1.82) is 5.26 Å². The van der Waals surface area contributed by atoms with E-state index < -0.39 is 0 Å². The fourth-order valence-corrected chi connectivity index (χ4v) is 2.73. The van der Waals surface area contributed by atoms with Crippen LogP contribution in [0.4, 0.5) is 0 Å². The average molecular weight is 258 g/mol. The molecule has 0 amide bonds. The average Bonchev–Trinajstić information content (AvgIpc) is 2.41. The van der Waals surface area contributed by atoms with E-state index >= 15 is 0 Å². The monoisotopic (exact) mass is 258 g/mol. The SMILES string of the molecule is COc1ccccc1CCN(C)CC1(C#N)CCC1. The molecule has 0 radical (unpaired) electrons. The molecule has 2 rings (SSSR count). The van der Waals surface area contributed by atoms with E-state index in [2.05, 4.69) is 24.1 Å². The van der Waals surface area contributed by atoms with Crippen LogP contribution in [-0.2, 0) is 6.42 Å². The van der Waals surface area contributed by atoms with Crippen molar-refractivity contribution in [3.8, 4) is 11.8 Å². The number of nitrogens with zero attached hydrogens (tertiary/aromatic N) is 2. The van der Waals surface area contributed by atoms with Crippen LogP contribution in [-0.4, -0.2) is 32.1 Å². The lowest BCUT2D eigenvalue weighted by molar-refractivity contribution is 0.139. The third kappa shape index (κ3) is 3.27. The van der Waals surface area contributed by atoms with Crippen molar-refractivity contribution in [2.24, 2.45) is 5.41 Å². The van der Waals surface area contributed by atoms with Gasteiger partial charge in [-0.15, -0.1) is 0 Å². The summed E-state index contributed by atoms with van der Waals surface area (Å²) in [5.74, 6) is 0.953. The van der Waals surface area contributed by atoms with Crippen molar-refractivity contribution in [1.82, 2.24) is 4.90 Å². The molecule has 1 aromatic rings. The van der Waals surface area contributed by atoms with E-state index in [-0.39, 0.29) is 5.41 Å². The zero-order chi connectivity index (χ0) is 13.7. The molecule has 0 aromatic heterocycles. The summed E-state index contributed by atoms with van der Waals surface area (Å²) in [6.45, 7) is 1.85. The Morgan fingerprint density at radius 1 is 1.37 bits per heavy atom. The second-order valence-corrected chi connectivity index (χ2v) is 5.55. The van der Waals surface area contributed by atoms with Crippen LogP contribution in [0.25, 0.3) is 0 Å². The second kappa shape index (κ2) is 6.08. The van der Waals surface area contributed by atoms with Gasteiger partial charge in [0.2, 0.25) is 0 Å². The lowest BCUT2D eigenvalue weighted by Gasteiger charge is -2.38. The van der Waals surface area contributed by atoms with Crippen molar-refractivity contribution in [2.75, 3.05) is 27.2 Å². The molecular weight excluding hydrogens is 236 g/mol.